The van der Waals surface area contributed by atoms with Crippen LogP contribution in [0.15, 0.2) is 0 Å². The fourth-order valence-electron chi connectivity index (χ4n) is 1.37. The highest BCUT2D eigenvalue weighted by Gasteiger charge is 2.14. The number of hydrogen-bond acceptors (Lipinski definition) is 3. The van der Waals surface area contributed by atoms with Crippen LogP contribution in [0.25, 0.3) is 0 Å². The van der Waals surface area contributed by atoms with E-state index in [1.165, 1.54) is 0 Å². The zero-order chi connectivity index (χ0) is 9.52. The minimum absolute atomic E-state index is 0.119. The first kappa shape index (κ1) is 10.5. The van der Waals surface area contributed by atoms with Crippen LogP contribution in [0, 0.1) is 0 Å². The van der Waals surface area contributed by atoms with Gasteiger partial charge in [-0.25, -0.2) is 0 Å². The fraction of sp³-hybridized carbons (Fsp3) is 0.889. The maximum atomic E-state index is 11.0. The van der Waals surface area contributed by atoms with Crippen molar-refractivity contribution in [3.05, 3.63) is 0 Å². The summed E-state index contributed by atoms with van der Waals surface area (Å²) in [5.41, 5.74) is 0. The fourth-order valence-corrected chi connectivity index (χ4v) is 1.37. The molecular formula is C9H18N2O2. The van der Waals surface area contributed by atoms with Crippen LogP contribution in [0.1, 0.15) is 19.8 Å². The van der Waals surface area contributed by atoms with Gasteiger partial charge in [0, 0.05) is 32.2 Å². The number of ether oxygens (including phenoxy) is 1. The number of nitrogens with one attached hydrogen (secondary N) is 2. The molecule has 0 aliphatic carbocycles. The van der Waals surface area contributed by atoms with E-state index >= 15 is 0 Å². The molecule has 0 aromatic rings. The number of carbonyl (C=O) groups is 1. The van der Waals surface area contributed by atoms with Crippen molar-refractivity contribution in [3.8, 4) is 0 Å². The summed E-state index contributed by atoms with van der Waals surface area (Å²) in [5.74, 6) is 0.119. The summed E-state index contributed by atoms with van der Waals surface area (Å²) in [6, 6.07) is 0.453. The van der Waals surface area contributed by atoms with Gasteiger partial charge in [-0.2, -0.15) is 0 Å². The Kier molecular flexibility index (Phi) is 4.78. The monoisotopic (exact) mass is 186 g/mol. The largest absolute Gasteiger partial charge is 0.380 e. The van der Waals surface area contributed by atoms with Crippen molar-refractivity contribution in [3.63, 3.8) is 0 Å². The van der Waals surface area contributed by atoms with Crippen molar-refractivity contribution < 1.29 is 9.53 Å². The van der Waals surface area contributed by atoms with Crippen molar-refractivity contribution in [2.45, 2.75) is 25.8 Å². The molecule has 0 spiro atoms. The first-order valence-corrected chi connectivity index (χ1v) is 4.90. The molecule has 13 heavy (non-hydrogen) atoms. The average Bonchev–Trinajstić information content (AvgIpc) is 2.57. The van der Waals surface area contributed by atoms with Gasteiger partial charge < -0.3 is 15.4 Å². The Morgan fingerprint density at radius 2 is 2.46 bits per heavy atom. The van der Waals surface area contributed by atoms with Gasteiger partial charge in [-0.15, -0.1) is 0 Å². The van der Waals surface area contributed by atoms with Gasteiger partial charge in [-0.3, -0.25) is 4.79 Å². The maximum absolute atomic E-state index is 11.0. The van der Waals surface area contributed by atoms with E-state index in [4.69, 9.17) is 4.74 Å². The molecule has 1 aliphatic rings. The van der Waals surface area contributed by atoms with Crippen LogP contribution in [0.5, 0.6) is 0 Å². The topological polar surface area (TPSA) is 50.4 Å². The van der Waals surface area contributed by atoms with Crippen LogP contribution in [-0.2, 0) is 9.53 Å². The minimum atomic E-state index is 0.119. The number of hydrogen-bond donors (Lipinski definition) is 2. The van der Waals surface area contributed by atoms with Crippen LogP contribution >= 0.6 is 0 Å². The normalized spacial score (nSPS) is 21.8. The van der Waals surface area contributed by atoms with Crippen molar-refractivity contribution in [1.29, 1.82) is 0 Å². The Morgan fingerprint density at radius 3 is 3.08 bits per heavy atom. The zero-order valence-electron chi connectivity index (χ0n) is 8.14. The second kappa shape index (κ2) is 5.94. The van der Waals surface area contributed by atoms with Crippen LogP contribution < -0.4 is 10.6 Å². The number of carbonyl (C=O) groups excluding carboxylic acids is 1. The molecule has 0 bridgehead atoms. The third-order valence-corrected chi connectivity index (χ3v) is 2.09. The minimum Gasteiger partial charge on any atom is -0.380 e. The molecule has 1 heterocycles. The highest BCUT2D eigenvalue weighted by molar-refractivity contribution is 5.75. The Labute approximate surface area is 79.0 Å². The number of amides is 1. The molecule has 1 saturated heterocycles. The summed E-state index contributed by atoms with van der Waals surface area (Å²) in [4.78, 5) is 11.0. The van der Waals surface area contributed by atoms with Gasteiger partial charge in [-0.1, -0.05) is 0 Å². The first-order valence-electron chi connectivity index (χ1n) is 4.90. The van der Waals surface area contributed by atoms with E-state index in [0.717, 1.165) is 26.2 Å². The lowest BCUT2D eigenvalue weighted by atomic mass is 10.2. The zero-order valence-corrected chi connectivity index (χ0v) is 8.14. The smallest absolute Gasteiger partial charge is 0.221 e. The average molecular weight is 186 g/mol. The quantitative estimate of drug-likeness (QED) is 0.630. The molecule has 4 nitrogen and oxygen atoms in total. The maximum Gasteiger partial charge on any atom is 0.221 e. The Bertz CT molecular complexity index is 156. The second-order valence-corrected chi connectivity index (χ2v) is 3.22. The molecule has 4 heteroatoms. The molecule has 0 saturated carbocycles. The highest BCUT2D eigenvalue weighted by atomic mass is 16.5. The first-order chi connectivity index (χ1) is 6.33. The molecular weight excluding hydrogens is 168 g/mol. The summed E-state index contributed by atoms with van der Waals surface area (Å²) in [6.07, 6.45) is 1.62. The van der Waals surface area contributed by atoms with E-state index < -0.39 is 0 Å². The Morgan fingerprint density at radius 1 is 1.62 bits per heavy atom. The highest BCUT2D eigenvalue weighted by Crippen LogP contribution is 2.02. The van der Waals surface area contributed by atoms with Crippen molar-refractivity contribution in [2.24, 2.45) is 0 Å². The van der Waals surface area contributed by atoms with E-state index in [1.54, 1.807) is 0 Å². The molecule has 1 aliphatic heterocycles. The van der Waals surface area contributed by atoms with E-state index in [0.29, 0.717) is 19.0 Å². The second-order valence-electron chi connectivity index (χ2n) is 3.22. The summed E-state index contributed by atoms with van der Waals surface area (Å²) < 4.78 is 5.20. The van der Waals surface area contributed by atoms with Gasteiger partial charge in [0.05, 0.1) is 6.61 Å². The molecule has 1 amide bonds. The molecule has 76 valence electrons. The molecule has 1 atom stereocenters. The van der Waals surface area contributed by atoms with Gasteiger partial charge in [0.1, 0.15) is 0 Å². The van der Waals surface area contributed by atoms with Crippen LogP contribution in [0.3, 0.4) is 0 Å². The van der Waals surface area contributed by atoms with Gasteiger partial charge in [0.25, 0.3) is 0 Å². The standard InChI is InChI=1S/C9H18N2O2/c1-2-10-9(12)3-5-11-8-4-6-13-7-8/h8,11H,2-7H2,1H3,(H,10,12). The van der Waals surface area contributed by atoms with Crippen molar-refractivity contribution in [2.75, 3.05) is 26.3 Å². The van der Waals surface area contributed by atoms with Gasteiger partial charge in [-0.05, 0) is 13.3 Å². The molecule has 1 fully saturated rings. The van der Waals surface area contributed by atoms with Crippen LogP contribution in [-0.4, -0.2) is 38.3 Å². The SMILES string of the molecule is CCNC(=O)CCNC1CCOC1. The van der Waals surface area contributed by atoms with Crippen molar-refractivity contribution >= 4 is 5.91 Å². The Hall–Kier alpha value is -0.610. The van der Waals surface area contributed by atoms with E-state index in [2.05, 4.69) is 10.6 Å². The lowest BCUT2D eigenvalue weighted by Crippen LogP contribution is -2.33. The lowest BCUT2D eigenvalue weighted by Gasteiger charge is -2.09. The summed E-state index contributed by atoms with van der Waals surface area (Å²) in [7, 11) is 0. The lowest BCUT2D eigenvalue weighted by molar-refractivity contribution is -0.120. The van der Waals surface area contributed by atoms with E-state index in [9.17, 15) is 4.79 Å². The summed E-state index contributed by atoms with van der Waals surface area (Å²) in [5, 5.41) is 6.05. The summed E-state index contributed by atoms with van der Waals surface area (Å²) in [6.45, 7) is 5.02. The Balaban J connectivity index is 1.96. The van der Waals surface area contributed by atoms with Gasteiger partial charge in [0.15, 0.2) is 0 Å². The molecule has 0 radical (unpaired) electrons. The van der Waals surface area contributed by atoms with Gasteiger partial charge in [0.2, 0.25) is 5.91 Å². The summed E-state index contributed by atoms with van der Waals surface area (Å²) >= 11 is 0. The number of rotatable bonds is 5. The van der Waals surface area contributed by atoms with E-state index in [-0.39, 0.29) is 5.91 Å². The predicted octanol–water partition coefficient (Wildman–Crippen LogP) is -0.109. The molecule has 1 rings (SSSR count). The van der Waals surface area contributed by atoms with Crippen molar-refractivity contribution in [1.82, 2.24) is 10.6 Å². The van der Waals surface area contributed by atoms with Crippen LogP contribution in [0.2, 0.25) is 0 Å². The molecule has 0 aromatic heterocycles. The molecule has 0 aromatic carbocycles. The third kappa shape index (κ3) is 4.24. The van der Waals surface area contributed by atoms with Crippen LogP contribution in [0.4, 0.5) is 0 Å². The molecule has 2 N–H and O–H groups in total. The third-order valence-electron chi connectivity index (χ3n) is 2.09. The van der Waals surface area contributed by atoms with E-state index in [1.807, 2.05) is 6.92 Å². The van der Waals surface area contributed by atoms with Gasteiger partial charge >= 0.3 is 0 Å². The molecule has 1 unspecified atom stereocenters. The predicted molar refractivity (Wildman–Crippen MR) is 50.5 cm³/mol.